The summed E-state index contributed by atoms with van der Waals surface area (Å²) in [5.41, 5.74) is 7.66. The largest absolute Gasteiger partial charge is 0.134 e. The van der Waals surface area contributed by atoms with Crippen molar-refractivity contribution in [1.29, 1.82) is 0 Å². The fourth-order valence-electron chi connectivity index (χ4n) is 7.45. The van der Waals surface area contributed by atoms with Crippen molar-refractivity contribution in [2.75, 3.05) is 0 Å². The second kappa shape index (κ2) is 10.1. The van der Waals surface area contributed by atoms with E-state index in [2.05, 4.69) is 158 Å². The molecule has 10 aromatic rings. The van der Waals surface area contributed by atoms with Gasteiger partial charge in [0.15, 0.2) is 0 Å². The van der Waals surface area contributed by atoms with Gasteiger partial charge in [-0.05, 0) is 67.6 Å². The molecule has 0 aliphatic rings. The molecule has 0 radical (unpaired) electrons. The Kier molecular flexibility index (Phi) is 5.72. The van der Waals surface area contributed by atoms with Crippen LogP contribution < -0.4 is 0 Å². The second-order valence-corrected chi connectivity index (χ2v) is 14.1. The molecule has 0 bridgehead atoms. The van der Waals surface area contributed by atoms with Gasteiger partial charge in [-0.2, -0.15) is 0 Å². The van der Waals surface area contributed by atoms with Gasteiger partial charge in [0, 0.05) is 45.9 Å². The smallest absolute Gasteiger partial charge is 0.0449 e. The monoisotopic (exact) mass is 618 g/mol. The summed E-state index contributed by atoms with van der Waals surface area (Å²) in [6, 6.07) is 58.1. The van der Waals surface area contributed by atoms with E-state index < -0.39 is 0 Å². The summed E-state index contributed by atoms with van der Waals surface area (Å²) in [7, 11) is 0. The van der Waals surface area contributed by atoms with Crippen molar-refractivity contribution in [2.45, 2.75) is 0 Å². The predicted octanol–water partition coefficient (Wildman–Crippen LogP) is 13.7. The molecule has 2 heteroatoms. The van der Waals surface area contributed by atoms with Crippen molar-refractivity contribution in [3.05, 3.63) is 158 Å². The quantitative estimate of drug-likeness (QED) is 0.173. The minimum atomic E-state index is 1.24. The van der Waals surface area contributed by atoms with E-state index in [0.29, 0.717) is 0 Å². The normalized spacial score (nSPS) is 11.9. The SMILES string of the molecule is c1ccc(-c2c3ccccc3c(-c3ccc(-c4cc5c6ccccc6sc5c5c4sc4ccccc45)cc3)c3ccccc23)cc1. The molecule has 2 aromatic heterocycles. The lowest BCUT2D eigenvalue weighted by Crippen LogP contribution is -1.90. The molecule has 0 spiro atoms. The molecule has 0 N–H and O–H groups in total. The molecular weight excluding hydrogens is 593 g/mol. The molecule has 0 saturated carbocycles. The third-order valence-corrected chi connectivity index (χ3v) is 11.9. The van der Waals surface area contributed by atoms with Gasteiger partial charge in [0.05, 0.1) is 0 Å². The van der Waals surface area contributed by atoms with Gasteiger partial charge in [-0.3, -0.25) is 0 Å². The zero-order chi connectivity index (χ0) is 30.2. The summed E-state index contributed by atoms with van der Waals surface area (Å²) in [6.45, 7) is 0. The molecule has 0 aliphatic heterocycles. The number of fused-ring (bicyclic) bond motifs is 9. The highest BCUT2D eigenvalue weighted by Gasteiger charge is 2.19. The van der Waals surface area contributed by atoms with Gasteiger partial charge >= 0.3 is 0 Å². The summed E-state index contributed by atoms with van der Waals surface area (Å²) in [6.07, 6.45) is 0. The van der Waals surface area contributed by atoms with E-state index in [1.165, 1.54) is 95.3 Å². The number of hydrogen-bond donors (Lipinski definition) is 0. The van der Waals surface area contributed by atoms with E-state index in [4.69, 9.17) is 0 Å². The maximum absolute atomic E-state index is 2.44. The summed E-state index contributed by atoms with van der Waals surface area (Å²) < 4.78 is 5.46. The van der Waals surface area contributed by atoms with Crippen LogP contribution in [0, 0.1) is 0 Å². The Morgan fingerprint density at radius 2 is 0.739 bits per heavy atom. The van der Waals surface area contributed by atoms with Crippen molar-refractivity contribution >= 4 is 84.6 Å². The van der Waals surface area contributed by atoms with E-state index in [0.717, 1.165) is 0 Å². The topological polar surface area (TPSA) is 0 Å². The van der Waals surface area contributed by atoms with Gasteiger partial charge in [-0.25, -0.2) is 0 Å². The van der Waals surface area contributed by atoms with E-state index in [1.54, 1.807) is 0 Å². The molecule has 0 aliphatic carbocycles. The standard InChI is InChI=1S/C44H26S2/c1-2-12-28(13-3-1)40-31-15-4-6-17-33(31)41(34-18-7-5-16-32(34)40)29-24-22-27(23-25-29)36-26-37-30-14-8-10-20-38(30)45-44(37)42-35-19-9-11-21-39(35)46-43(36)42/h1-26H. The van der Waals surface area contributed by atoms with Gasteiger partial charge < -0.3 is 0 Å². The van der Waals surface area contributed by atoms with Gasteiger partial charge in [-0.15, -0.1) is 22.7 Å². The molecule has 2 heterocycles. The van der Waals surface area contributed by atoms with Crippen LogP contribution >= 0.6 is 22.7 Å². The van der Waals surface area contributed by atoms with Gasteiger partial charge in [0.2, 0.25) is 0 Å². The molecule has 0 fully saturated rings. The minimum Gasteiger partial charge on any atom is -0.134 e. The Bertz CT molecular complexity index is 2720. The predicted molar refractivity (Wildman–Crippen MR) is 204 cm³/mol. The zero-order valence-electron chi connectivity index (χ0n) is 24.8. The number of thiophene rings is 2. The van der Waals surface area contributed by atoms with Crippen LogP contribution in [0.5, 0.6) is 0 Å². The van der Waals surface area contributed by atoms with Crippen LogP contribution in [0.3, 0.4) is 0 Å². The van der Waals surface area contributed by atoms with Crippen molar-refractivity contribution < 1.29 is 0 Å². The summed E-state index contributed by atoms with van der Waals surface area (Å²) in [5.74, 6) is 0. The Labute approximate surface area is 274 Å². The summed E-state index contributed by atoms with van der Waals surface area (Å²) in [5, 5.41) is 10.6. The average molecular weight is 619 g/mol. The molecule has 214 valence electrons. The lowest BCUT2D eigenvalue weighted by molar-refractivity contribution is 1.64. The Balaban J connectivity index is 1.22. The van der Waals surface area contributed by atoms with Crippen LogP contribution in [0.4, 0.5) is 0 Å². The van der Waals surface area contributed by atoms with Crippen molar-refractivity contribution in [3.8, 4) is 33.4 Å². The number of rotatable bonds is 3. The molecule has 10 rings (SSSR count). The third kappa shape index (κ3) is 3.78. The van der Waals surface area contributed by atoms with E-state index >= 15 is 0 Å². The number of hydrogen-bond acceptors (Lipinski definition) is 2. The zero-order valence-corrected chi connectivity index (χ0v) is 26.5. The van der Waals surface area contributed by atoms with Crippen LogP contribution in [0.1, 0.15) is 0 Å². The van der Waals surface area contributed by atoms with Crippen molar-refractivity contribution in [3.63, 3.8) is 0 Å². The first-order chi connectivity index (χ1) is 22.8. The second-order valence-electron chi connectivity index (χ2n) is 12.0. The molecule has 0 atom stereocenters. The fraction of sp³-hybridized carbons (Fsp3) is 0. The van der Waals surface area contributed by atoms with Crippen LogP contribution in [-0.2, 0) is 0 Å². The summed E-state index contributed by atoms with van der Waals surface area (Å²) >= 11 is 3.84. The highest BCUT2D eigenvalue weighted by atomic mass is 32.1. The molecule has 0 unspecified atom stereocenters. The first kappa shape index (κ1) is 26.0. The van der Waals surface area contributed by atoms with E-state index in [9.17, 15) is 0 Å². The molecule has 46 heavy (non-hydrogen) atoms. The van der Waals surface area contributed by atoms with Crippen LogP contribution in [0.25, 0.3) is 95.3 Å². The van der Waals surface area contributed by atoms with Gasteiger partial charge in [0.25, 0.3) is 0 Å². The maximum Gasteiger partial charge on any atom is 0.0449 e. The van der Waals surface area contributed by atoms with Gasteiger partial charge in [0.1, 0.15) is 0 Å². The highest BCUT2D eigenvalue weighted by molar-refractivity contribution is 7.30. The van der Waals surface area contributed by atoms with Gasteiger partial charge in [-0.1, -0.05) is 140 Å². The van der Waals surface area contributed by atoms with Crippen LogP contribution in [0.2, 0.25) is 0 Å². The molecule has 8 aromatic carbocycles. The fourth-order valence-corrected chi connectivity index (χ4v) is 10.0. The van der Waals surface area contributed by atoms with E-state index in [1.807, 2.05) is 22.7 Å². The van der Waals surface area contributed by atoms with Crippen molar-refractivity contribution in [1.82, 2.24) is 0 Å². The average Bonchev–Trinajstić information content (AvgIpc) is 3.69. The number of benzene rings is 8. The lowest BCUT2D eigenvalue weighted by Gasteiger charge is -2.18. The molecule has 0 amide bonds. The third-order valence-electron chi connectivity index (χ3n) is 9.47. The summed E-state index contributed by atoms with van der Waals surface area (Å²) in [4.78, 5) is 0. The Morgan fingerprint density at radius 1 is 0.304 bits per heavy atom. The van der Waals surface area contributed by atoms with E-state index in [-0.39, 0.29) is 0 Å². The molecular formula is C44H26S2. The Hall–Kier alpha value is -5.28. The minimum absolute atomic E-state index is 1.24. The molecule has 0 saturated heterocycles. The lowest BCUT2D eigenvalue weighted by atomic mass is 9.85. The van der Waals surface area contributed by atoms with Crippen molar-refractivity contribution in [2.24, 2.45) is 0 Å². The highest BCUT2D eigenvalue weighted by Crippen LogP contribution is 2.49. The maximum atomic E-state index is 2.44. The Morgan fingerprint density at radius 3 is 1.35 bits per heavy atom. The van der Waals surface area contributed by atoms with Crippen LogP contribution in [0.15, 0.2) is 158 Å². The first-order valence-corrected chi connectivity index (χ1v) is 17.3. The molecule has 0 nitrogen and oxygen atoms in total. The first-order valence-electron chi connectivity index (χ1n) is 15.7. The van der Waals surface area contributed by atoms with Crippen LogP contribution in [-0.4, -0.2) is 0 Å².